The Kier molecular flexibility index (Phi) is 4.99. The molecule has 0 aromatic heterocycles. The summed E-state index contributed by atoms with van der Waals surface area (Å²) in [4.78, 5) is 25.4. The van der Waals surface area contributed by atoms with Crippen molar-refractivity contribution in [1.29, 1.82) is 0 Å². The van der Waals surface area contributed by atoms with Crippen LogP contribution < -0.4 is 16.4 Å². The zero-order chi connectivity index (χ0) is 14.7. The molecule has 2 aliphatic rings. The summed E-state index contributed by atoms with van der Waals surface area (Å²) in [5.74, 6) is 1.29. The van der Waals surface area contributed by atoms with Crippen LogP contribution in [0.15, 0.2) is 0 Å². The molecule has 0 bridgehead atoms. The Labute approximate surface area is 120 Å². The van der Waals surface area contributed by atoms with Crippen molar-refractivity contribution in [3.8, 4) is 0 Å². The number of carbonyl (C=O) groups excluding carboxylic acids is 2. The van der Waals surface area contributed by atoms with Crippen molar-refractivity contribution in [1.82, 2.24) is 15.5 Å². The highest BCUT2D eigenvalue weighted by Gasteiger charge is 2.41. The zero-order valence-corrected chi connectivity index (χ0v) is 12.4. The Morgan fingerprint density at radius 2 is 2.05 bits per heavy atom. The van der Waals surface area contributed by atoms with E-state index in [1.165, 1.54) is 6.42 Å². The van der Waals surface area contributed by atoms with Crippen LogP contribution in [-0.4, -0.2) is 49.1 Å². The van der Waals surface area contributed by atoms with Gasteiger partial charge in [0.25, 0.3) is 0 Å². The molecule has 4 N–H and O–H groups in total. The van der Waals surface area contributed by atoms with Gasteiger partial charge >= 0.3 is 6.03 Å². The van der Waals surface area contributed by atoms with Crippen molar-refractivity contribution in [3.63, 3.8) is 0 Å². The summed E-state index contributed by atoms with van der Waals surface area (Å²) in [5.41, 5.74) is 6.07. The van der Waals surface area contributed by atoms with Crippen molar-refractivity contribution < 1.29 is 9.59 Å². The normalized spacial score (nSPS) is 29.5. The number of nitrogens with zero attached hydrogens (tertiary/aromatic N) is 1. The highest BCUT2D eigenvalue weighted by molar-refractivity contribution is 5.95. The summed E-state index contributed by atoms with van der Waals surface area (Å²) < 4.78 is 0. The van der Waals surface area contributed by atoms with Gasteiger partial charge in [0.05, 0.1) is 6.54 Å². The fraction of sp³-hybridized carbons (Fsp3) is 0.857. The second kappa shape index (κ2) is 6.54. The van der Waals surface area contributed by atoms with Crippen LogP contribution in [0.4, 0.5) is 4.79 Å². The lowest BCUT2D eigenvalue weighted by Crippen LogP contribution is -2.45. The molecule has 1 aliphatic heterocycles. The van der Waals surface area contributed by atoms with Gasteiger partial charge in [0.1, 0.15) is 0 Å². The summed E-state index contributed by atoms with van der Waals surface area (Å²) in [7, 11) is 0. The van der Waals surface area contributed by atoms with Gasteiger partial charge in [-0.1, -0.05) is 13.8 Å². The monoisotopic (exact) mass is 282 g/mol. The Hall–Kier alpha value is -1.14. The number of hydrogen-bond acceptors (Lipinski definition) is 4. The van der Waals surface area contributed by atoms with E-state index in [0.717, 1.165) is 19.5 Å². The number of fused-ring (bicyclic) bond motifs is 1. The fourth-order valence-electron chi connectivity index (χ4n) is 3.24. The van der Waals surface area contributed by atoms with E-state index in [1.54, 1.807) is 0 Å². The molecule has 6 nitrogen and oxygen atoms in total. The van der Waals surface area contributed by atoms with Gasteiger partial charge in [0.2, 0.25) is 5.91 Å². The molecule has 1 heterocycles. The van der Waals surface area contributed by atoms with Crippen LogP contribution in [0.1, 0.15) is 26.7 Å². The number of nitrogens with two attached hydrogens (primary N) is 1. The quantitative estimate of drug-likeness (QED) is 0.684. The van der Waals surface area contributed by atoms with E-state index in [2.05, 4.69) is 15.5 Å². The van der Waals surface area contributed by atoms with Crippen LogP contribution in [-0.2, 0) is 4.79 Å². The summed E-state index contributed by atoms with van der Waals surface area (Å²) in [6, 6.07) is -0.123. The maximum absolute atomic E-state index is 11.8. The molecule has 0 spiro atoms. The molecule has 0 aromatic carbocycles. The first-order chi connectivity index (χ1) is 9.45. The molecule has 3 unspecified atom stereocenters. The topological polar surface area (TPSA) is 87.5 Å². The lowest BCUT2D eigenvalue weighted by molar-refractivity contribution is -0.121. The molecular weight excluding hydrogens is 256 g/mol. The van der Waals surface area contributed by atoms with E-state index in [1.807, 2.05) is 13.8 Å². The number of carbonyl (C=O) groups is 2. The molecule has 2 rings (SSSR count). The van der Waals surface area contributed by atoms with Crippen LogP contribution in [0.2, 0.25) is 0 Å². The van der Waals surface area contributed by atoms with E-state index in [-0.39, 0.29) is 18.5 Å². The lowest BCUT2D eigenvalue weighted by atomic mass is 9.98. The van der Waals surface area contributed by atoms with E-state index in [4.69, 9.17) is 5.73 Å². The number of likely N-dealkylation sites (tertiary alicyclic amines) is 1. The first-order valence-electron chi connectivity index (χ1n) is 7.51. The Bertz CT molecular complexity index is 372. The second-order valence-electron chi connectivity index (χ2n) is 6.51. The minimum atomic E-state index is -0.403. The minimum absolute atomic E-state index is 0.236. The summed E-state index contributed by atoms with van der Waals surface area (Å²) in [5, 5.41) is 5.05. The lowest BCUT2D eigenvalue weighted by Gasteiger charge is -2.17. The molecule has 1 aliphatic carbocycles. The Balaban J connectivity index is 1.69. The van der Waals surface area contributed by atoms with Crippen LogP contribution in [0, 0.1) is 17.8 Å². The van der Waals surface area contributed by atoms with E-state index in [0.29, 0.717) is 24.3 Å². The van der Waals surface area contributed by atoms with E-state index < -0.39 is 6.03 Å². The third-order valence-corrected chi connectivity index (χ3v) is 4.28. The predicted octanol–water partition coefficient (Wildman–Crippen LogP) is 0.137. The summed E-state index contributed by atoms with van der Waals surface area (Å²) in [6.07, 6.45) is 2.27. The molecule has 20 heavy (non-hydrogen) atoms. The van der Waals surface area contributed by atoms with Crippen LogP contribution in [0.5, 0.6) is 0 Å². The Morgan fingerprint density at radius 3 is 2.70 bits per heavy atom. The highest BCUT2D eigenvalue weighted by atomic mass is 16.2. The smallest absolute Gasteiger partial charge is 0.321 e. The van der Waals surface area contributed by atoms with Crippen molar-refractivity contribution in [2.45, 2.75) is 32.7 Å². The SMILES string of the molecule is CC(C)CNC(=O)NC(=O)CN1CC2CCC(N)C2C1. The first kappa shape index (κ1) is 15.3. The van der Waals surface area contributed by atoms with Crippen LogP contribution in [0.3, 0.4) is 0 Å². The predicted molar refractivity (Wildman–Crippen MR) is 77.0 cm³/mol. The van der Waals surface area contributed by atoms with E-state index >= 15 is 0 Å². The second-order valence-corrected chi connectivity index (χ2v) is 6.51. The summed E-state index contributed by atoms with van der Waals surface area (Å²) >= 11 is 0. The molecule has 2 fully saturated rings. The standard InChI is InChI=1S/C14H26N4O2/c1-9(2)5-16-14(20)17-13(19)8-18-6-10-3-4-12(15)11(10)7-18/h9-12H,3-8,15H2,1-2H3,(H2,16,17,19,20). The number of amides is 3. The number of imide groups is 1. The average Bonchev–Trinajstić information content (AvgIpc) is 2.89. The van der Waals surface area contributed by atoms with Crippen LogP contribution >= 0.6 is 0 Å². The number of hydrogen-bond donors (Lipinski definition) is 3. The number of nitrogens with one attached hydrogen (secondary N) is 2. The molecule has 3 amide bonds. The first-order valence-corrected chi connectivity index (χ1v) is 7.51. The maximum Gasteiger partial charge on any atom is 0.321 e. The maximum atomic E-state index is 11.8. The van der Waals surface area contributed by atoms with E-state index in [9.17, 15) is 9.59 Å². The molecule has 1 saturated heterocycles. The van der Waals surface area contributed by atoms with Crippen molar-refractivity contribution >= 4 is 11.9 Å². The van der Waals surface area contributed by atoms with Crippen molar-refractivity contribution in [2.24, 2.45) is 23.5 Å². The van der Waals surface area contributed by atoms with Gasteiger partial charge in [-0.2, -0.15) is 0 Å². The third-order valence-electron chi connectivity index (χ3n) is 4.28. The number of rotatable bonds is 4. The molecule has 6 heteroatoms. The van der Waals surface area contributed by atoms with Gasteiger partial charge in [0, 0.05) is 25.7 Å². The van der Waals surface area contributed by atoms with Crippen molar-refractivity contribution in [2.75, 3.05) is 26.2 Å². The van der Waals surface area contributed by atoms with Gasteiger partial charge < -0.3 is 11.1 Å². The molecular formula is C14H26N4O2. The van der Waals surface area contributed by atoms with Gasteiger partial charge in [-0.15, -0.1) is 0 Å². The fourth-order valence-corrected chi connectivity index (χ4v) is 3.24. The van der Waals surface area contributed by atoms with Gasteiger partial charge in [0.15, 0.2) is 0 Å². The van der Waals surface area contributed by atoms with Crippen molar-refractivity contribution in [3.05, 3.63) is 0 Å². The minimum Gasteiger partial charge on any atom is -0.338 e. The third kappa shape index (κ3) is 3.93. The molecule has 0 aromatic rings. The summed E-state index contributed by atoms with van der Waals surface area (Å²) in [6.45, 7) is 6.69. The average molecular weight is 282 g/mol. The molecule has 1 saturated carbocycles. The zero-order valence-electron chi connectivity index (χ0n) is 12.4. The molecule has 0 radical (unpaired) electrons. The highest BCUT2D eigenvalue weighted by Crippen LogP contribution is 2.36. The molecule has 114 valence electrons. The Morgan fingerprint density at radius 1 is 1.30 bits per heavy atom. The molecule has 3 atom stereocenters. The largest absolute Gasteiger partial charge is 0.338 e. The van der Waals surface area contributed by atoms with Gasteiger partial charge in [-0.25, -0.2) is 4.79 Å². The van der Waals surface area contributed by atoms with Gasteiger partial charge in [-0.05, 0) is 30.6 Å². The number of urea groups is 1. The van der Waals surface area contributed by atoms with Gasteiger partial charge in [-0.3, -0.25) is 15.0 Å². The van der Waals surface area contributed by atoms with Crippen LogP contribution in [0.25, 0.3) is 0 Å².